The van der Waals surface area contributed by atoms with E-state index in [4.69, 9.17) is 4.74 Å². The second kappa shape index (κ2) is 6.38. The molecule has 1 aliphatic heterocycles. The first-order chi connectivity index (χ1) is 9.12. The van der Waals surface area contributed by atoms with Crippen LogP contribution < -0.4 is 5.32 Å². The Morgan fingerprint density at radius 2 is 2.21 bits per heavy atom. The fourth-order valence-electron chi connectivity index (χ4n) is 2.32. The van der Waals surface area contributed by atoms with Crippen molar-refractivity contribution in [3.8, 4) is 0 Å². The van der Waals surface area contributed by atoms with E-state index in [1.807, 2.05) is 6.20 Å². The molecule has 6 nitrogen and oxygen atoms in total. The Hall–Kier alpha value is -1.08. The van der Waals surface area contributed by atoms with Crippen molar-refractivity contribution in [1.82, 2.24) is 9.55 Å². The highest BCUT2D eigenvalue weighted by Crippen LogP contribution is 2.26. The molecule has 7 heteroatoms. The largest absolute Gasteiger partial charge is 0.385 e. The maximum atomic E-state index is 11.4. The molecule has 1 fully saturated rings. The van der Waals surface area contributed by atoms with Crippen LogP contribution in [0, 0.1) is 0 Å². The van der Waals surface area contributed by atoms with Gasteiger partial charge in [-0.2, -0.15) is 0 Å². The van der Waals surface area contributed by atoms with E-state index in [2.05, 4.69) is 14.9 Å². The molecule has 2 rings (SSSR count). The number of methoxy groups -OCH3 is 1. The van der Waals surface area contributed by atoms with Crippen molar-refractivity contribution in [3.05, 3.63) is 12.4 Å². The van der Waals surface area contributed by atoms with E-state index < -0.39 is 9.84 Å². The van der Waals surface area contributed by atoms with Gasteiger partial charge in [0.2, 0.25) is 5.95 Å². The van der Waals surface area contributed by atoms with Crippen LogP contribution in [-0.4, -0.2) is 49.7 Å². The monoisotopic (exact) mass is 287 g/mol. The van der Waals surface area contributed by atoms with Gasteiger partial charge >= 0.3 is 0 Å². The van der Waals surface area contributed by atoms with Crippen LogP contribution in [0.1, 0.15) is 25.3 Å². The van der Waals surface area contributed by atoms with Crippen LogP contribution in [0.5, 0.6) is 0 Å². The van der Waals surface area contributed by atoms with Gasteiger partial charge in [0.25, 0.3) is 0 Å². The lowest BCUT2D eigenvalue weighted by Crippen LogP contribution is -2.26. The van der Waals surface area contributed by atoms with Gasteiger partial charge in [-0.1, -0.05) is 0 Å². The molecule has 0 aliphatic carbocycles. The highest BCUT2D eigenvalue weighted by molar-refractivity contribution is 7.91. The number of nitrogens with one attached hydrogen (secondary N) is 1. The van der Waals surface area contributed by atoms with Crippen LogP contribution in [0.4, 0.5) is 5.95 Å². The Morgan fingerprint density at radius 1 is 1.47 bits per heavy atom. The first kappa shape index (κ1) is 14.3. The Balaban J connectivity index is 1.92. The van der Waals surface area contributed by atoms with Crippen molar-refractivity contribution in [3.63, 3.8) is 0 Å². The molecule has 1 saturated heterocycles. The summed E-state index contributed by atoms with van der Waals surface area (Å²) in [7, 11) is -1.13. The smallest absolute Gasteiger partial charge is 0.203 e. The molecule has 1 aromatic rings. The molecule has 19 heavy (non-hydrogen) atoms. The molecule has 108 valence electrons. The summed E-state index contributed by atoms with van der Waals surface area (Å²) in [6.07, 6.45) is 5.93. The van der Waals surface area contributed by atoms with Crippen LogP contribution >= 0.6 is 0 Å². The number of imidazole rings is 1. The summed E-state index contributed by atoms with van der Waals surface area (Å²) in [5.74, 6) is 1.37. The fraction of sp³-hybridized carbons (Fsp3) is 0.750. The summed E-state index contributed by atoms with van der Waals surface area (Å²) in [4.78, 5) is 4.29. The normalized spacial score (nSPS) is 19.4. The van der Waals surface area contributed by atoms with Gasteiger partial charge in [0, 0.05) is 38.7 Å². The highest BCUT2D eigenvalue weighted by Gasteiger charge is 2.25. The number of aromatic nitrogens is 2. The maximum absolute atomic E-state index is 11.4. The molecule has 0 amide bonds. The Morgan fingerprint density at radius 3 is 2.89 bits per heavy atom. The first-order valence-corrected chi connectivity index (χ1v) is 8.40. The Labute approximate surface area is 114 Å². The summed E-state index contributed by atoms with van der Waals surface area (Å²) >= 11 is 0. The van der Waals surface area contributed by atoms with E-state index in [0.29, 0.717) is 12.8 Å². The second-order valence-electron chi connectivity index (χ2n) is 4.81. The van der Waals surface area contributed by atoms with Crippen LogP contribution in [0.15, 0.2) is 12.4 Å². The molecule has 1 aliphatic rings. The van der Waals surface area contributed by atoms with Gasteiger partial charge < -0.3 is 14.6 Å². The SMILES string of the molecule is COCCCNc1nccn1C1CCS(=O)(=O)CC1. The number of hydrogen-bond acceptors (Lipinski definition) is 5. The predicted molar refractivity (Wildman–Crippen MR) is 74.1 cm³/mol. The van der Waals surface area contributed by atoms with Crippen LogP contribution in [0.25, 0.3) is 0 Å². The van der Waals surface area contributed by atoms with Gasteiger partial charge in [0.1, 0.15) is 9.84 Å². The number of anilines is 1. The van der Waals surface area contributed by atoms with Crippen molar-refractivity contribution in [1.29, 1.82) is 0 Å². The lowest BCUT2D eigenvalue weighted by atomic mass is 10.1. The lowest BCUT2D eigenvalue weighted by Gasteiger charge is -2.24. The van der Waals surface area contributed by atoms with E-state index in [1.54, 1.807) is 13.3 Å². The van der Waals surface area contributed by atoms with E-state index in [0.717, 1.165) is 25.5 Å². The molecule has 0 radical (unpaired) electrons. The third-order valence-corrected chi connectivity index (χ3v) is 5.11. The fourth-order valence-corrected chi connectivity index (χ4v) is 3.78. The zero-order chi connectivity index (χ0) is 13.7. The van der Waals surface area contributed by atoms with Crippen LogP contribution in [0.3, 0.4) is 0 Å². The Kier molecular flexibility index (Phi) is 4.81. The minimum Gasteiger partial charge on any atom is -0.385 e. The van der Waals surface area contributed by atoms with Gasteiger partial charge in [-0.05, 0) is 19.3 Å². The molecule has 1 N–H and O–H groups in total. The number of rotatable bonds is 6. The molecule has 0 aromatic carbocycles. The third-order valence-electron chi connectivity index (χ3n) is 3.39. The third kappa shape index (κ3) is 3.94. The van der Waals surface area contributed by atoms with Gasteiger partial charge in [0.15, 0.2) is 0 Å². The summed E-state index contributed by atoms with van der Waals surface area (Å²) in [6, 6.07) is 0.232. The van der Waals surface area contributed by atoms with E-state index >= 15 is 0 Å². The highest BCUT2D eigenvalue weighted by atomic mass is 32.2. The number of ether oxygens (including phenoxy) is 1. The van der Waals surface area contributed by atoms with Crippen molar-refractivity contribution < 1.29 is 13.2 Å². The number of nitrogens with zero attached hydrogens (tertiary/aromatic N) is 2. The number of sulfone groups is 1. The average molecular weight is 287 g/mol. The Bertz CT molecular complexity index is 484. The summed E-state index contributed by atoms with van der Waals surface area (Å²) in [5.41, 5.74) is 0. The number of hydrogen-bond donors (Lipinski definition) is 1. The lowest BCUT2D eigenvalue weighted by molar-refractivity contribution is 0.197. The molecule has 1 aromatic heterocycles. The zero-order valence-corrected chi connectivity index (χ0v) is 12.0. The van der Waals surface area contributed by atoms with Crippen molar-refractivity contribution in [2.45, 2.75) is 25.3 Å². The molecular weight excluding hydrogens is 266 g/mol. The summed E-state index contributed by atoms with van der Waals surface area (Å²) in [5, 5.41) is 3.27. The van der Waals surface area contributed by atoms with E-state index in [1.165, 1.54) is 0 Å². The molecule has 0 atom stereocenters. The van der Waals surface area contributed by atoms with Gasteiger partial charge in [-0.15, -0.1) is 0 Å². The standard InChI is InChI=1S/C12H21N3O3S/c1-18-8-2-5-13-12-14-6-7-15(12)11-3-9-19(16,17)10-4-11/h6-7,11H,2-5,8-10H2,1H3,(H,13,14). The van der Waals surface area contributed by atoms with E-state index in [9.17, 15) is 8.42 Å². The molecule has 2 heterocycles. The maximum Gasteiger partial charge on any atom is 0.203 e. The average Bonchev–Trinajstić information content (AvgIpc) is 2.83. The van der Waals surface area contributed by atoms with Gasteiger partial charge in [-0.25, -0.2) is 13.4 Å². The molecule has 0 unspecified atom stereocenters. The van der Waals surface area contributed by atoms with E-state index in [-0.39, 0.29) is 17.5 Å². The molecule has 0 saturated carbocycles. The summed E-state index contributed by atoms with van der Waals surface area (Å²) < 4.78 is 29.9. The van der Waals surface area contributed by atoms with Gasteiger partial charge in [-0.3, -0.25) is 0 Å². The van der Waals surface area contributed by atoms with Crippen molar-refractivity contribution in [2.24, 2.45) is 0 Å². The minimum absolute atomic E-state index is 0.232. The summed E-state index contributed by atoms with van der Waals surface area (Å²) in [6.45, 7) is 1.52. The topological polar surface area (TPSA) is 73.2 Å². The minimum atomic E-state index is -2.81. The molecular formula is C12H21N3O3S. The van der Waals surface area contributed by atoms with Crippen molar-refractivity contribution in [2.75, 3.05) is 37.1 Å². The van der Waals surface area contributed by atoms with Crippen LogP contribution in [-0.2, 0) is 14.6 Å². The molecule has 0 bridgehead atoms. The van der Waals surface area contributed by atoms with Crippen molar-refractivity contribution >= 4 is 15.8 Å². The second-order valence-corrected chi connectivity index (χ2v) is 7.12. The van der Waals surface area contributed by atoms with Gasteiger partial charge in [0.05, 0.1) is 11.5 Å². The first-order valence-electron chi connectivity index (χ1n) is 6.58. The predicted octanol–water partition coefficient (Wildman–Crippen LogP) is 1.08. The zero-order valence-electron chi connectivity index (χ0n) is 11.2. The quantitative estimate of drug-likeness (QED) is 0.793. The molecule has 0 spiro atoms. The van der Waals surface area contributed by atoms with Crippen LogP contribution in [0.2, 0.25) is 0 Å².